The molecule has 1 unspecified atom stereocenters. The average Bonchev–Trinajstić information content (AvgIpc) is 2.68. The fourth-order valence-electron chi connectivity index (χ4n) is 3.59. The molecule has 3 aromatic carbocycles. The molecule has 4 N–H and O–H groups in total. The Morgan fingerprint density at radius 1 is 1.00 bits per heavy atom. The molecule has 27 heavy (non-hydrogen) atoms. The van der Waals surface area contributed by atoms with E-state index in [-0.39, 0.29) is 18.4 Å². The first-order valence-corrected chi connectivity index (χ1v) is 8.82. The molecule has 4 rings (SSSR count). The topological polar surface area (TPSA) is 87.6 Å². The zero-order valence-corrected chi connectivity index (χ0v) is 14.9. The summed E-state index contributed by atoms with van der Waals surface area (Å²) in [5.41, 5.74) is 15.1. The zero-order chi connectivity index (χ0) is 19.0. The van der Waals surface area contributed by atoms with Crippen LogP contribution in [-0.4, -0.2) is 12.6 Å². The third-order valence-corrected chi connectivity index (χ3v) is 4.78. The van der Waals surface area contributed by atoms with Crippen molar-refractivity contribution in [1.29, 1.82) is 0 Å². The minimum absolute atomic E-state index is 0.0599. The highest BCUT2D eigenvalue weighted by Crippen LogP contribution is 2.46. The summed E-state index contributed by atoms with van der Waals surface area (Å²) in [6, 6.07) is 19.3. The van der Waals surface area contributed by atoms with Crippen LogP contribution in [0.4, 0.5) is 5.69 Å². The molecule has 0 aliphatic carbocycles. The van der Waals surface area contributed by atoms with E-state index in [1.54, 1.807) is 6.92 Å². The number of anilines is 1. The molecule has 1 aliphatic heterocycles. The summed E-state index contributed by atoms with van der Waals surface area (Å²) in [5, 5.41) is 1.75. The lowest BCUT2D eigenvalue weighted by Crippen LogP contribution is -2.27. The van der Waals surface area contributed by atoms with Crippen molar-refractivity contribution in [3.63, 3.8) is 0 Å². The Morgan fingerprint density at radius 3 is 2.52 bits per heavy atom. The van der Waals surface area contributed by atoms with Crippen molar-refractivity contribution in [2.45, 2.75) is 12.8 Å². The van der Waals surface area contributed by atoms with Crippen LogP contribution >= 0.6 is 0 Å². The number of rotatable bonds is 3. The van der Waals surface area contributed by atoms with Gasteiger partial charge >= 0.3 is 5.97 Å². The molecule has 0 saturated carbocycles. The van der Waals surface area contributed by atoms with E-state index in [0.717, 1.165) is 21.9 Å². The predicted molar refractivity (Wildman–Crippen MR) is 105 cm³/mol. The minimum atomic E-state index is -0.470. The van der Waals surface area contributed by atoms with Crippen molar-refractivity contribution in [3.8, 4) is 5.75 Å². The number of fused-ring (bicyclic) bond motifs is 3. The molecule has 0 bridgehead atoms. The Labute approximate surface area is 157 Å². The van der Waals surface area contributed by atoms with Gasteiger partial charge < -0.3 is 20.9 Å². The molecule has 0 spiro atoms. The van der Waals surface area contributed by atoms with Gasteiger partial charge in [-0.3, -0.25) is 0 Å². The first-order valence-electron chi connectivity index (χ1n) is 8.82. The number of esters is 1. The number of nitrogen functional groups attached to an aromatic ring is 1. The number of ether oxygens (including phenoxy) is 2. The Hall–Kier alpha value is -3.47. The molecule has 0 fully saturated rings. The van der Waals surface area contributed by atoms with Gasteiger partial charge in [0.05, 0.1) is 12.5 Å². The number of hydrogen-bond acceptors (Lipinski definition) is 5. The second-order valence-corrected chi connectivity index (χ2v) is 6.37. The summed E-state index contributed by atoms with van der Waals surface area (Å²) in [4.78, 5) is 12.7. The summed E-state index contributed by atoms with van der Waals surface area (Å²) >= 11 is 0. The van der Waals surface area contributed by atoms with Crippen molar-refractivity contribution in [1.82, 2.24) is 0 Å². The summed E-state index contributed by atoms with van der Waals surface area (Å²) in [6.45, 7) is 2.03. The van der Waals surface area contributed by atoms with E-state index in [9.17, 15) is 4.79 Å². The quantitative estimate of drug-likeness (QED) is 0.549. The molecule has 136 valence electrons. The van der Waals surface area contributed by atoms with Gasteiger partial charge in [-0.25, -0.2) is 4.79 Å². The average molecular weight is 360 g/mol. The van der Waals surface area contributed by atoms with Gasteiger partial charge in [0.1, 0.15) is 11.3 Å². The van der Waals surface area contributed by atoms with Crippen molar-refractivity contribution < 1.29 is 14.3 Å². The van der Waals surface area contributed by atoms with Crippen molar-refractivity contribution >= 4 is 22.4 Å². The number of hydrogen-bond donors (Lipinski definition) is 2. The van der Waals surface area contributed by atoms with Gasteiger partial charge in [0.25, 0.3) is 0 Å². The first-order chi connectivity index (χ1) is 13.1. The molecule has 1 atom stereocenters. The van der Waals surface area contributed by atoms with Gasteiger partial charge in [0, 0.05) is 22.0 Å². The molecule has 3 aromatic rings. The van der Waals surface area contributed by atoms with Crippen LogP contribution in [0.15, 0.2) is 72.1 Å². The van der Waals surface area contributed by atoms with Crippen LogP contribution in [0.25, 0.3) is 10.8 Å². The minimum Gasteiger partial charge on any atom is -0.462 e. The van der Waals surface area contributed by atoms with E-state index in [1.165, 1.54) is 0 Å². The van der Waals surface area contributed by atoms with Crippen LogP contribution < -0.4 is 16.2 Å². The molecule has 5 heteroatoms. The number of carbonyl (C=O) groups is 1. The molecule has 0 radical (unpaired) electrons. The lowest BCUT2D eigenvalue weighted by Gasteiger charge is -2.29. The van der Waals surface area contributed by atoms with Crippen molar-refractivity contribution in [3.05, 3.63) is 83.2 Å². The molecule has 5 nitrogen and oxygen atoms in total. The van der Waals surface area contributed by atoms with Crippen LogP contribution in [0.1, 0.15) is 24.0 Å². The maximum absolute atomic E-state index is 12.7. The summed E-state index contributed by atoms with van der Waals surface area (Å²) < 4.78 is 11.2. The standard InChI is InChI=1S/C22H20N2O3/c1-2-26-22(25)19-18(13-7-4-3-5-8-13)16-12-11-14-15(9-6-10-17(14)23)20(16)27-21(19)24/h3-12,18H,2,23-24H2,1H3. The molecule has 0 aromatic heterocycles. The first kappa shape index (κ1) is 17.0. The van der Waals surface area contributed by atoms with Crippen LogP contribution in [0.5, 0.6) is 5.75 Å². The van der Waals surface area contributed by atoms with E-state index >= 15 is 0 Å². The van der Waals surface area contributed by atoms with Crippen LogP contribution in [-0.2, 0) is 9.53 Å². The van der Waals surface area contributed by atoms with Gasteiger partial charge in [0.15, 0.2) is 0 Å². The highest BCUT2D eigenvalue weighted by atomic mass is 16.5. The Bertz CT molecular complexity index is 1060. The highest BCUT2D eigenvalue weighted by Gasteiger charge is 2.36. The normalized spacial score (nSPS) is 16.0. The van der Waals surface area contributed by atoms with Crippen LogP contribution in [0.2, 0.25) is 0 Å². The van der Waals surface area contributed by atoms with E-state index in [4.69, 9.17) is 20.9 Å². The molecular formula is C22H20N2O3. The smallest absolute Gasteiger partial charge is 0.340 e. The number of nitrogens with two attached hydrogens (primary N) is 2. The Kier molecular flexibility index (Phi) is 4.20. The van der Waals surface area contributed by atoms with Crippen molar-refractivity contribution in [2.75, 3.05) is 12.3 Å². The van der Waals surface area contributed by atoms with Crippen molar-refractivity contribution in [2.24, 2.45) is 5.73 Å². The lowest BCUT2D eigenvalue weighted by atomic mass is 9.82. The van der Waals surface area contributed by atoms with E-state index in [0.29, 0.717) is 17.0 Å². The maximum atomic E-state index is 12.7. The second-order valence-electron chi connectivity index (χ2n) is 6.37. The molecule has 1 aliphatic rings. The fraction of sp³-hybridized carbons (Fsp3) is 0.136. The van der Waals surface area contributed by atoms with Gasteiger partial charge in [-0.2, -0.15) is 0 Å². The third-order valence-electron chi connectivity index (χ3n) is 4.78. The highest BCUT2D eigenvalue weighted by molar-refractivity contribution is 6.00. The van der Waals surface area contributed by atoms with Crippen LogP contribution in [0, 0.1) is 0 Å². The predicted octanol–water partition coefficient (Wildman–Crippen LogP) is 3.68. The molecule has 1 heterocycles. The summed E-state index contributed by atoms with van der Waals surface area (Å²) in [6.07, 6.45) is 0. The van der Waals surface area contributed by atoms with Gasteiger partial charge in [-0.1, -0.05) is 54.6 Å². The number of carbonyl (C=O) groups excluding carboxylic acids is 1. The molecular weight excluding hydrogens is 340 g/mol. The van der Waals surface area contributed by atoms with E-state index in [1.807, 2.05) is 60.7 Å². The van der Waals surface area contributed by atoms with Crippen LogP contribution in [0.3, 0.4) is 0 Å². The Morgan fingerprint density at radius 2 is 1.78 bits per heavy atom. The monoisotopic (exact) mass is 360 g/mol. The summed E-state index contributed by atoms with van der Waals surface area (Å²) in [5.74, 6) is -0.161. The van der Waals surface area contributed by atoms with Gasteiger partial charge in [0.2, 0.25) is 5.88 Å². The number of benzene rings is 3. The lowest BCUT2D eigenvalue weighted by molar-refractivity contribution is -0.139. The maximum Gasteiger partial charge on any atom is 0.340 e. The third kappa shape index (κ3) is 2.77. The zero-order valence-electron chi connectivity index (χ0n) is 14.9. The summed E-state index contributed by atoms with van der Waals surface area (Å²) in [7, 11) is 0. The molecule has 0 amide bonds. The van der Waals surface area contributed by atoms with E-state index in [2.05, 4.69) is 0 Å². The largest absolute Gasteiger partial charge is 0.462 e. The molecule has 0 saturated heterocycles. The van der Waals surface area contributed by atoms with Gasteiger partial charge in [-0.05, 0) is 18.6 Å². The van der Waals surface area contributed by atoms with Gasteiger partial charge in [-0.15, -0.1) is 0 Å². The second kappa shape index (κ2) is 6.68. The fourth-order valence-corrected chi connectivity index (χ4v) is 3.59. The Balaban J connectivity index is 1.99. The van der Waals surface area contributed by atoms with E-state index < -0.39 is 5.97 Å². The SMILES string of the molecule is CCOC(=O)C1=C(N)Oc2c(ccc3c(N)cccc23)C1c1ccccc1.